The lowest BCUT2D eigenvalue weighted by atomic mass is 10.2. The minimum Gasteiger partial charge on any atom is -0.434 e. The van der Waals surface area contributed by atoms with Crippen molar-refractivity contribution in [3.05, 3.63) is 40.2 Å². The normalized spacial score (nSPS) is 10.9. The molecule has 2 rings (SSSR count). The lowest BCUT2D eigenvalue weighted by Crippen LogP contribution is -2.07. The van der Waals surface area contributed by atoms with Crippen LogP contribution in [-0.2, 0) is 6.54 Å². The quantitative estimate of drug-likeness (QED) is 0.881. The molecule has 0 unspecified atom stereocenters. The molecule has 0 saturated carbocycles. The highest BCUT2D eigenvalue weighted by molar-refractivity contribution is 6.30. The maximum absolute atomic E-state index is 12.4. The number of ether oxygens (including phenoxy) is 1. The molecule has 0 aliphatic carbocycles. The monoisotopic (exact) mass is 301 g/mol. The van der Waals surface area contributed by atoms with E-state index < -0.39 is 6.61 Å². The second-order valence-corrected chi connectivity index (χ2v) is 4.73. The van der Waals surface area contributed by atoms with Crippen molar-refractivity contribution >= 4 is 17.3 Å². The molecule has 0 saturated heterocycles. The molecule has 0 amide bonds. The van der Waals surface area contributed by atoms with Gasteiger partial charge in [0.2, 0.25) is 0 Å². The van der Waals surface area contributed by atoms with E-state index in [4.69, 9.17) is 11.6 Å². The third-order valence-electron chi connectivity index (χ3n) is 2.82. The molecule has 4 nitrogen and oxygen atoms in total. The number of hydrogen-bond donors (Lipinski definition) is 2. The summed E-state index contributed by atoms with van der Waals surface area (Å²) in [6.07, 6.45) is 0. The summed E-state index contributed by atoms with van der Waals surface area (Å²) in [6.45, 7) is 1.16. The largest absolute Gasteiger partial charge is 0.434 e. The van der Waals surface area contributed by atoms with E-state index in [1.807, 2.05) is 13.8 Å². The minimum absolute atomic E-state index is 0.107. The SMILES string of the molecule is Cc1n[nH]c(C)c1NCc1cc(Cl)ccc1OC(F)F. The molecule has 2 N–H and O–H groups in total. The van der Waals surface area contributed by atoms with Gasteiger partial charge in [-0.3, -0.25) is 5.10 Å². The zero-order chi connectivity index (χ0) is 14.7. The Labute approximate surface area is 120 Å². The summed E-state index contributed by atoms with van der Waals surface area (Å²) >= 11 is 5.89. The Bertz CT molecular complexity index is 582. The number of hydrogen-bond acceptors (Lipinski definition) is 3. The van der Waals surface area contributed by atoms with E-state index in [1.165, 1.54) is 12.1 Å². The van der Waals surface area contributed by atoms with Gasteiger partial charge >= 0.3 is 6.61 Å². The molecule has 1 aromatic heterocycles. The van der Waals surface area contributed by atoms with Crippen molar-refractivity contribution in [1.82, 2.24) is 10.2 Å². The van der Waals surface area contributed by atoms with Crippen LogP contribution < -0.4 is 10.1 Å². The fourth-order valence-electron chi connectivity index (χ4n) is 1.89. The van der Waals surface area contributed by atoms with E-state index >= 15 is 0 Å². The van der Waals surface area contributed by atoms with E-state index in [-0.39, 0.29) is 5.75 Å². The maximum atomic E-state index is 12.4. The highest BCUT2D eigenvalue weighted by Gasteiger charge is 2.12. The fourth-order valence-corrected chi connectivity index (χ4v) is 2.09. The number of benzene rings is 1. The zero-order valence-electron chi connectivity index (χ0n) is 11.0. The molecular weight excluding hydrogens is 288 g/mol. The van der Waals surface area contributed by atoms with Gasteiger partial charge in [0.05, 0.1) is 17.1 Å². The Hall–Kier alpha value is -1.82. The molecule has 0 fully saturated rings. The van der Waals surface area contributed by atoms with E-state index in [1.54, 1.807) is 6.07 Å². The van der Waals surface area contributed by atoms with Crippen LogP contribution in [0.1, 0.15) is 17.0 Å². The topological polar surface area (TPSA) is 49.9 Å². The Balaban J connectivity index is 2.18. The van der Waals surface area contributed by atoms with Crippen molar-refractivity contribution in [3.8, 4) is 5.75 Å². The van der Waals surface area contributed by atoms with Gasteiger partial charge in [-0.25, -0.2) is 0 Å². The van der Waals surface area contributed by atoms with Crippen LogP contribution in [0.5, 0.6) is 5.75 Å². The summed E-state index contributed by atoms with van der Waals surface area (Å²) < 4.78 is 29.2. The number of aromatic amines is 1. The molecule has 0 aliphatic rings. The van der Waals surface area contributed by atoms with Gasteiger partial charge in [-0.15, -0.1) is 0 Å². The van der Waals surface area contributed by atoms with Crippen LogP contribution in [0.2, 0.25) is 5.02 Å². The van der Waals surface area contributed by atoms with Crippen molar-refractivity contribution in [2.75, 3.05) is 5.32 Å². The van der Waals surface area contributed by atoms with Gasteiger partial charge < -0.3 is 10.1 Å². The lowest BCUT2D eigenvalue weighted by molar-refractivity contribution is -0.0504. The summed E-state index contributed by atoms with van der Waals surface area (Å²) in [5.41, 5.74) is 3.08. The number of anilines is 1. The smallest absolute Gasteiger partial charge is 0.387 e. The number of H-pyrrole nitrogens is 1. The second-order valence-electron chi connectivity index (χ2n) is 4.29. The first-order valence-electron chi connectivity index (χ1n) is 5.96. The van der Waals surface area contributed by atoms with Crippen molar-refractivity contribution in [2.45, 2.75) is 27.0 Å². The van der Waals surface area contributed by atoms with Crippen molar-refractivity contribution in [3.63, 3.8) is 0 Å². The molecule has 0 atom stereocenters. The summed E-state index contributed by atoms with van der Waals surface area (Å²) in [5.74, 6) is 0.107. The number of aryl methyl sites for hydroxylation is 2. The van der Waals surface area contributed by atoms with Gasteiger partial charge in [0.1, 0.15) is 5.75 Å². The van der Waals surface area contributed by atoms with Crippen molar-refractivity contribution in [1.29, 1.82) is 0 Å². The van der Waals surface area contributed by atoms with Gasteiger partial charge in [0.15, 0.2) is 0 Å². The minimum atomic E-state index is -2.87. The number of nitrogens with zero attached hydrogens (tertiary/aromatic N) is 1. The second kappa shape index (κ2) is 6.09. The van der Waals surface area contributed by atoms with Crippen molar-refractivity contribution < 1.29 is 13.5 Å². The average Bonchev–Trinajstić information content (AvgIpc) is 2.69. The maximum Gasteiger partial charge on any atom is 0.387 e. The van der Waals surface area contributed by atoms with E-state index in [9.17, 15) is 8.78 Å². The van der Waals surface area contributed by atoms with Crippen LogP contribution in [0.25, 0.3) is 0 Å². The first-order valence-corrected chi connectivity index (χ1v) is 6.34. The van der Waals surface area contributed by atoms with Crippen molar-refractivity contribution in [2.24, 2.45) is 0 Å². The fraction of sp³-hybridized carbons (Fsp3) is 0.308. The van der Waals surface area contributed by atoms with Crippen LogP contribution in [-0.4, -0.2) is 16.8 Å². The molecule has 20 heavy (non-hydrogen) atoms. The third kappa shape index (κ3) is 3.39. The average molecular weight is 302 g/mol. The molecule has 7 heteroatoms. The molecular formula is C13H14ClF2N3O. The Morgan fingerprint density at radius 3 is 2.75 bits per heavy atom. The van der Waals surface area contributed by atoms with E-state index in [2.05, 4.69) is 20.3 Å². The Morgan fingerprint density at radius 1 is 1.40 bits per heavy atom. The third-order valence-corrected chi connectivity index (χ3v) is 3.06. The number of halogens is 3. The van der Waals surface area contributed by atoms with Gasteiger partial charge in [0.25, 0.3) is 0 Å². The predicted molar refractivity (Wildman–Crippen MR) is 73.5 cm³/mol. The molecule has 0 bridgehead atoms. The van der Waals surface area contributed by atoms with Crippen LogP contribution in [0, 0.1) is 13.8 Å². The summed E-state index contributed by atoms with van der Waals surface area (Å²) in [5, 5.41) is 10.5. The Morgan fingerprint density at radius 2 is 2.15 bits per heavy atom. The van der Waals surface area contributed by atoms with Gasteiger partial charge in [-0.2, -0.15) is 13.9 Å². The highest BCUT2D eigenvalue weighted by atomic mass is 35.5. The van der Waals surface area contributed by atoms with Gasteiger partial charge in [0, 0.05) is 17.1 Å². The first kappa shape index (κ1) is 14.6. The van der Waals surface area contributed by atoms with Crippen LogP contribution in [0.3, 0.4) is 0 Å². The summed E-state index contributed by atoms with van der Waals surface area (Å²) in [4.78, 5) is 0. The molecule has 2 aromatic rings. The molecule has 0 spiro atoms. The number of nitrogens with one attached hydrogen (secondary N) is 2. The van der Waals surface area contributed by atoms with Crippen LogP contribution >= 0.6 is 11.6 Å². The number of rotatable bonds is 5. The van der Waals surface area contributed by atoms with Crippen LogP contribution in [0.15, 0.2) is 18.2 Å². The standard InChI is InChI=1S/C13H14ClF2N3O/c1-7-12(8(2)19-18-7)17-6-9-5-10(14)3-4-11(9)20-13(15)16/h3-5,13,17H,6H2,1-2H3,(H,18,19). The summed E-state index contributed by atoms with van der Waals surface area (Å²) in [6, 6.07) is 4.54. The number of alkyl halides is 2. The molecule has 0 aliphatic heterocycles. The Kier molecular flexibility index (Phi) is 4.44. The molecule has 1 heterocycles. The van der Waals surface area contributed by atoms with E-state index in [0.717, 1.165) is 17.1 Å². The van der Waals surface area contributed by atoms with Gasteiger partial charge in [-0.05, 0) is 32.0 Å². The molecule has 0 radical (unpaired) electrons. The molecule has 1 aromatic carbocycles. The van der Waals surface area contributed by atoms with E-state index in [0.29, 0.717) is 17.1 Å². The zero-order valence-corrected chi connectivity index (χ0v) is 11.8. The van der Waals surface area contributed by atoms with Crippen LogP contribution in [0.4, 0.5) is 14.5 Å². The van der Waals surface area contributed by atoms with Gasteiger partial charge in [-0.1, -0.05) is 11.6 Å². The predicted octanol–water partition coefficient (Wildman–Crippen LogP) is 3.89. The highest BCUT2D eigenvalue weighted by Crippen LogP contribution is 2.26. The molecule has 108 valence electrons. The number of aromatic nitrogens is 2. The lowest BCUT2D eigenvalue weighted by Gasteiger charge is -2.12. The first-order chi connectivity index (χ1) is 9.47. The summed E-state index contributed by atoms with van der Waals surface area (Å²) in [7, 11) is 0.